The van der Waals surface area contributed by atoms with Crippen LogP contribution in [0.1, 0.15) is 47.0 Å². The highest BCUT2D eigenvalue weighted by molar-refractivity contribution is 6.09. The van der Waals surface area contributed by atoms with E-state index in [1.54, 1.807) is 12.3 Å². The molecule has 94 valence electrons. The molecule has 1 heterocycles. The fraction of sp³-hybridized carbons (Fsp3) is 0.312. The predicted octanol–water partition coefficient (Wildman–Crippen LogP) is 4.16. The summed E-state index contributed by atoms with van der Waals surface area (Å²) in [5, 5.41) is 0. The first-order valence-electron chi connectivity index (χ1n) is 6.40. The molecule has 0 saturated heterocycles. The van der Waals surface area contributed by atoms with Crippen molar-refractivity contribution in [2.75, 3.05) is 0 Å². The van der Waals surface area contributed by atoms with Gasteiger partial charge in [0.1, 0.15) is 5.76 Å². The summed E-state index contributed by atoms with van der Waals surface area (Å²) in [5.41, 5.74) is 2.66. The van der Waals surface area contributed by atoms with Gasteiger partial charge in [-0.2, -0.15) is 0 Å². The Bertz CT molecular complexity index is 520. The Morgan fingerprint density at radius 2 is 1.89 bits per heavy atom. The lowest BCUT2D eigenvalue weighted by atomic mass is 10.0. The number of ketones is 1. The van der Waals surface area contributed by atoms with Crippen molar-refractivity contribution in [3.05, 3.63) is 59.0 Å². The Balaban J connectivity index is 2.15. The predicted molar refractivity (Wildman–Crippen MR) is 71.9 cm³/mol. The number of hydrogen-bond acceptors (Lipinski definition) is 2. The van der Waals surface area contributed by atoms with Gasteiger partial charge in [0.05, 0.1) is 11.8 Å². The van der Waals surface area contributed by atoms with Gasteiger partial charge in [0.25, 0.3) is 0 Å². The maximum atomic E-state index is 12.2. The summed E-state index contributed by atoms with van der Waals surface area (Å²) in [6, 6.07) is 9.61. The summed E-state index contributed by atoms with van der Waals surface area (Å²) < 4.78 is 5.16. The summed E-state index contributed by atoms with van der Waals surface area (Å²) in [7, 11) is 0. The fourth-order valence-corrected chi connectivity index (χ4v) is 1.98. The van der Waals surface area contributed by atoms with E-state index in [9.17, 15) is 4.79 Å². The minimum Gasteiger partial charge on any atom is -0.469 e. The molecule has 2 heteroatoms. The highest BCUT2D eigenvalue weighted by Crippen LogP contribution is 2.16. The normalized spacial score (nSPS) is 10.6. The molecule has 0 atom stereocenters. The topological polar surface area (TPSA) is 30.2 Å². The maximum Gasteiger partial charge on any atom is 0.196 e. The third-order valence-electron chi connectivity index (χ3n) is 3.14. The molecule has 2 nitrogen and oxygen atoms in total. The zero-order valence-electron chi connectivity index (χ0n) is 10.9. The van der Waals surface area contributed by atoms with Gasteiger partial charge in [0, 0.05) is 5.56 Å². The van der Waals surface area contributed by atoms with Crippen LogP contribution in [-0.2, 0) is 6.42 Å². The van der Waals surface area contributed by atoms with Crippen LogP contribution < -0.4 is 0 Å². The highest BCUT2D eigenvalue weighted by atomic mass is 16.3. The van der Waals surface area contributed by atoms with Crippen LogP contribution in [-0.4, -0.2) is 5.78 Å². The highest BCUT2D eigenvalue weighted by Gasteiger charge is 2.13. The van der Waals surface area contributed by atoms with E-state index in [1.807, 2.05) is 31.2 Å². The van der Waals surface area contributed by atoms with Gasteiger partial charge < -0.3 is 4.42 Å². The number of rotatable bonds is 5. The molecule has 1 aromatic carbocycles. The van der Waals surface area contributed by atoms with Gasteiger partial charge in [-0.25, -0.2) is 0 Å². The van der Waals surface area contributed by atoms with Crippen LogP contribution in [0.4, 0.5) is 0 Å². The van der Waals surface area contributed by atoms with Gasteiger partial charge in [-0.3, -0.25) is 4.79 Å². The van der Waals surface area contributed by atoms with Crippen LogP contribution in [0.5, 0.6) is 0 Å². The second-order valence-corrected chi connectivity index (χ2v) is 4.52. The summed E-state index contributed by atoms with van der Waals surface area (Å²) in [4.78, 5) is 12.2. The maximum absolute atomic E-state index is 12.2. The molecular formula is C16H18O2. The Labute approximate surface area is 108 Å². The van der Waals surface area contributed by atoms with Gasteiger partial charge >= 0.3 is 0 Å². The molecule has 0 aliphatic heterocycles. The fourth-order valence-electron chi connectivity index (χ4n) is 1.98. The van der Waals surface area contributed by atoms with E-state index in [1.165, 1.54) is 18.4 Å². The molecule has 0 spiro atoms. The molecule has 0 N–H and O–H groups in total. The molecular weight excluding hydrogens is 224 g/mol. The van der Waals surface area contributed by atoms with Crippen molar-refractivity contribution in [1.82, 2.24) is 0 Å². The van der Waals surface area contributed by atoms with E-state index in [-0.39, 0.29) is 5.78 Å². The lowest BCUT2D eigenvalue weighted by Crippen LogP contribution is -2.01. The summed E-state index contributed by atoms with van der Waals surface area (Å²) in [6.45, 7) is 3.99. The first-order chi connectivity index (χ1) is 8.72. The van der Waals surface area contributed by atoms with Gasteiger partial charge in [-0.05, 0) is 31.4 Å². The smallest absolute Gasteiger partial charge is 0.196 e. The lowest BCUT2D eigenvalue weighted by Gasteiger charge is -2.03. The first-order valence-corrected chi connectivity index (χ1v) is 6.40. The number of aryl methyl sites for hydroxylation is 2. The third-order valence-corrected chi connectivity index (χ3v) is 3.14. The molecule has 2 rings (SSSR count). The second kappa shape index (κ2) is 5.67. The Kier molecular flexibility index (Phi) is 3.98. The minimum absolute atomic E-state index is 0.0308. The van der Waals surface area contributed by atoms with Crippen LogP contribution in [0.3, 0.4) is 0 Å². The van der Waals surface area contributed by atoms with Crippen molar-refractivity contribution >= 4 is 5.78 Å². The number of furan rings is 1. The molecule has 2 aromatic rings. The van der Waals surface area contributed by atoms with Crippen LogP contribution >= 0.6 is 0 Å². The Hall–Kier alpha value is -1.83. The molecule has 1 aromatic heterocycles. The van der Waals surface area contributed by atoms with E-state index in [4.69, 9.17) is 4.42 Å². The third kappa shape index (κ3) is 2.70. The summed E-state index contributed by atoms with van der Waals surface area (Å²) >= 11 is 0. The SMILES string of the molecule is CCCCc1ccc(C(=O)c2ccoc2C)cc1. The second-order valence-electron chi connectivity index (χ2n) is 4.52. The molecule has 0 radical (unpaired) electrons. The number of hydrogen-bond donors (Lipinski definition) is 0. The van der Waals surface area contributed by atoms with Gasteiger partial charge in [-0.15, -0.1) is 0 Å². The van der Waals surface area contributed by atoms with E-state index in [0.29, 0.717) is 11.3 Å². The molecule has 0 saturated carbocycles. The molecule has 18 heavy (non-hydrogen) atoms. The Morgan fingerprint density at radius 3 is 2.44 bits per heavy atom. The number of carbonyl (C=O) groups excluding carboxylic acids is 1. The summed E-state index contributed by atoms with van der Waals surface area (Å²) in [5.74, 6) is 0.707. The van der Waals surface area contributed by atoms with E-state index < -0.39 is 0 Å². The van der Waals surface area contributed by atoms with Gasteiger partial charge in [0.2, 0.25) is 0 Å². The van der Waals surface area contributed by atoms with Crippen LogP contribution in [0.25, 0.3) is 0 Å². The van der Waals surface area contributed by atoms with Crippen LogP contribution in [0.15, 0.2) is 41.0 Å². The number of carbonyl (C=O) groups is 1. The van der Waals surface area contributed by atoms with Crippen LogP contribution in [0, 0.1) is 6.92 Å². The number of unbranched alkanes of at least 4 members (excludes halogenated alkanes) is 1. The average Bonchev–Trinajstić information content (AvgIpc) is 2.82. The van der Waals surface area contributed by atoms with Crippen LogP contribution in [0.2, 0.25) is 0 Å². The van der Waals surface area contributed by atoms with Crippen molar-refractivity contribution in [1.29, 1.82) is 0 Å². The monoisotopic (exact) mass is 242 g/mol. The molecule has 0 fully saturated rings. The standard InChI is InChI=1S/C16H18O2/c1-3-4-5-13-6-8-14(9-7-13)16(17)15-10-11-18-12(15)2/h6-11H,3-5H2,1-2H3. The minimum atomic E-state index is 0.0308. The quantitative estimate of drug-likeness (QED) is 0.737. The van der Waals surface area contributed by atoms with Crippen molar-refractivity contribution in [3.63, 3.8) is 0 Å². The Morgan fingerprint density at radius 1 is 1.17 bits per heavy atom. The number of benzene rings is 1. The molecule has 0 unspecified atom stereocenters. The van der Waals surface area contributed by atoms with Crippen molar-refractivity contribution < 1.29 is 9.21 Å². The molecule has 0 aliphatic carbocycles. The average molecular weight is 242 g/mol. The van der Waals surface area contributed by atoms with Crippen molar-refractivity contribution in [3.8, 4) is 0 Å². The zero-order chi connectivity index (χ0) is 13.0. The molecule has 0 bridgehead atoms. The van der Waals surface area contributed by atoms with Crippen molar-refractivity contribution in [2.45, 2.75) is 33.1 Å². The van der Waals surface area contributed by atoms with E-state index in [2.05, 4.69) is 6.92 Å². The van der Waals surface area contributed by atoms with Crippen molar-refractivity contribution in [2.24, 2.45) is 0 Å². The molecule has 0 aliphatic rings. The lowest BCUT2D eigenvalue weighted by molar-refractivity contribution is 0.103. The van der Waals surface area contributed by atoms with E-state index >= 15 is 0 Å². The summed E-state index contributed by atoms with van der Waals surface area (Å²) in [6.07, 6.45) is 5.01. The first kappa shape index (κ1) is 12.6. The van der Waals surface area contributed by atoms with Gasteiger partial charge in [-0.1, -0.05) is 37.6 Å². The van der Waals surface area contributed by atoms with Gasteiger partial charge in [0.15, 0.2) is 5.78 Å². The van der Waals surface area contributed by atoms with E-state index in [0.717, 1.165) is 12.0 Å². The largest absolute Gasteiger partial charge is 0.469 e. The zero-order valence-corrected chi connectivity index (χ0v) is 10.9. The molecule has 0 amide bonds.